The van der Waals surface area contributed by atoms with E-state index < -0.39 is 9.84 Å². The van der Waals surface area contributed by atoms with Crippen LogP contribution in [0.5, 0.6) is 5.75 Å². The highest BCUT2D eigenvalue weighted by Crippen LogP contribution is 2.43. The van der Waals surface area contributed by atoms with Crippen molar-refractivity contribution in [1.82, 2.24) is 0 Å². The summed E-state index contributed by atoms with van der Waals surface area (Å²) in [7, 11) is -1.39. The largest absolute Gasteiger partial charge is 0.496 e. The van der Waals surface area contributed by atoms with Crippen molar-refractivity contribution in [3.8, 4) is 5.75 Å². The minimum atomic E-state index is -3.00. The van der Waals surface area contributed by atoms with E-state index in [4.69, 9.17) is 4.74 Å². The van der Waals surface area contributed by atoms with Gasteiger partial charge in [-0.2, -0.15) is 0 Å². The highest BCUT2D eigenvalue weighted by atomic mass is 32.2. The number of sulfone groups is 1. The van der Waals surface area contributed by atoms with E-state index in [1.165, 1.54) is 0 Å². The van der Waals surface area contributed by atoms with Gasteiger partial charge in [-0.15, -0.1) is 0 Å². The Morgan fingerprint density at radius 3 is 2.25 bits per heavy atom. The van der Waals surface area contributed by atoms with Crippen LogP contribution in [-0.4, -0.2) is 31.8 Å². The number of ketones is 1. The summed E-state index contributed by atoms with van der Waals surface area (Å²) in [6.07, 6.45) is 2.36. The van der Waals surface area contributed by atoms with Crippen LogP contribution in [0, 0.1) is 5.92 Å². The lowest BCUT2D eigenvalue weighted by molar-refractivity contribution is 0.0907. The van der Waals surface area contributed by atoms with Gasteiger partial charge in [0.15, 0.2) is 15.6 Å². The number of rotatable bonds is 3. The van der Waals surface area contributed by atoms with Gasteiger partial charge in [0.1, 0.15) is 5.75 Å². The van der Waals surface area contributed by atoms with E-state index in [1.54, 1.807) is 7.11 Å². The predicted octanol–water partition coefficient (Wildman–Crippen LogP) is 3.39. The number of carbonyl (C=O) groups excluding carboxylic acids is 1. The third-order valence-electron chi connectivity index (χ3n) is 5.57. The van der Waals surface area contributed by atoms with Gasteiger partial charge in [0.05, 0.1) is 17.6 Å². The molecule has 2 heterocycles. The van der Waals surface area contributed by atoms with Crippen molar-refractivity contribution in [2.75, 3.05) is 7.11 Å². The Morgan fingerprint density at radius 2 is 1.62 bits per heavy atom. The molecule has 5 heteroatoms. The molecular formula is C19H20O4S. The molecule has 0 aromatic heterocycles. The van der Waals surface area contributed by atoms with Crippen LogP contribution in [0.25, 0.3) is 10.8 Å². The molecule has 4 rings (SSSR count). The third kappa shape index (κ3) is 2.25. The lowest BCUT2D eigenvalue weighted by atomic mass is 9.88. The van der Waals surface area contributed by atoms with E-state index in [2.05, 4.69) is 0 Å². The van der Waals surface area contributed by atoms with Gasteiger partial charge in [-0.25, -0.2) is 8.42 Å². The quantitative estimate of drug-likeness (QED) is 0.801. The zero-order valence-corrected chi connectivity index (χ0v) is 14.4. The summed E-state index contributed by atoms with van der Waals surface area (Å²) in [4.78, 5) is 13.1. The zero-order chi connectivity index (χ0) is 16.9. The fourth-order valence-electron chi connectivity index (χ4n) is 4.31. The van der Waals surface area contributed by atoms with E-state index in [1.807, 2.05) is 36.4 Å². The molecule has 2 aliphatic rings. The fraction of sp³-hybridized carbons (Fsp3) is 0.421. The van der Waals surface area contributed by atoms with Crippen molar-refractivity contribution in [2.45, 2.75) is 36.2 Å². The Balaban J connectivity index is 1.73. The lowest BCUT2D eigenvalue weighted by Crippen LogP contribution is -2.36. The maximum atomic E-state index is 13.1. The van der Waals surface area contributed by atoms with Gasteiger partial charge in [0.25, 0.3) is 0 Å². The van der Waals surface area contributed by atoms with E-state index in [0.29, 0.717) is 31.2 Å². The number of ether oxygens (including phenoxy) is 1. The summed E-state index contributed by atoms with van der Waals surface area (Å²) >= 11 is 0. The second kappa shape index (κ2) is 5.59. The van der Waals surface area contributed by atoms with Gasteiger partial charge in [-0.05, 0) is 43.2 Å². The number of hydrogen-bond donors (Lipinski definition) is 0. The first-order valence-electron chi connectivity index (χ1n) is 8.35. The molecule has 2 saturated heterocycles. The van der Waals surface area contributed by atoms with Gasteiger partial charge in [0, 0.05) is 16.9 Å². The summed E-state index contributed by atoms with van der Waals surface area (Å²) in [6, 6.07) is 11.3. The first-order valence-corrected chi connectivity index (χ1v) is 9.96. The number of hydrogen-bond acceptors (Lipinski definition) is 4. The van der Waals surface area contributed by atoms with Crippen LogP contribution in [0.4, 0.5) is 0 Å². The van der Waals surface area contributed by atoms with E-state index in [9.17, 15) is 13.2 Å². The van der Waals surface area contributed by atoms with Crippen molar-refractivity contribution in [3.05, 3.63) is 42.0 Å². The normalized spacial score (nSPS) is 28.0. The monoisotopic (exact) mass is 344 g/mol. The van der Waals surface area contributed by atoms with Crippen molar-refractivity contribution in [2.24, 2.45) is 5.92 Å². The van der Waals surface area contributed by atoms with Gasteiger partial charge in [-0.3, -0.25) is 4.79 Å². The number of benzene rings is 2. The summed E-state index contributed by atoms with van der Waals surface area (Å²) in [5.74, 6) is 0.622. The van der Waals surface area contributed by atoms with E-state index in [-0.39, 0.29) is 22.2 Å². The molecule has 2 aromatic carbocycles. The molecular weight excluding hydrogens is 324 g/mol. The summed E-state index contributed by atoms with van der Waals surface area (Å²) in [6.45, 7) is 0. The minimum absolute atomic E-state index is 0.0700. The molecule has 0 aliphatic carbocycles. The molecule has 0 spiro atoms. The summed E-state index contributed by atoms with van der Waals surface area (Å²) < 4.78 is 29.9. The lowest BCUT2D eigenvalue weighted by Gasteiger charge is -2.27. The Kier molecular flexibility index (Phi) is 3.64. The Labute approximate surface area is 141 Å². The molecule has 24 heavy (non-hydrogen) atoms. The molecule has 2 bridgehead atoms. The number of methoxy groups -OCH3 is 1. The zero-order valence-electron chi connectivity index (χ0n) is 13.6. The van der Waals surface area contributed by atoms with E-state index in [0.717, 1.165) is 16.5 Å². The minimum Gasteiger partial charge on any atom is -0.496 e. The average molecular weight is 344 g/mol. The van der Waals surface area contributed by atoms with Crippen LogP contribution >= 0.6 is 0 Å². The average Bonchev–Trinajstić information content (AvgIpc) is 2.78. The highest BCUT2D eigenvalue weighted by molar-refractivity contribution is 7.93. The molecule has 2 fully saturated rings. The third-order valence-corrected chi connectivity index (χ3v) is 8.29. The Morgan fingerprint density at radius 1 is 1.00 bits per heavy atom. The van der Waals surface area contributed by atoms with Crippen molar-refractivity contribution < 1.29 is 17.9 Å². The van der Waals surface area contributed by atoms with Crippen molar-refractivity contribution >= 4 is 26.4 Å². The van der Waals surface area contributed by atoms with Gasteiger partial charge < -0.3 is 4.74 Å². The Hall–Kier alpha value is -1.88. The first kappa shape index (κ1) is 15.6. The maximum absolute atomic E-state index is 13.1. The highest BCUT2D eigenvalue weighted by Gasteiger charge is 2.48. The molecule has 126 valence electrons. The molecule has 0 N–H and O–H groups in total. The molecule has 4 nitrogen and oxygen atoms in total. The van der Waals surface area contributed by atoms with Crippen LogP contribution in [-0.2, 0) is 9.84 Å². The molecule has 0 saturated carbocycles. The van der Waals surface area contributed by atoms with Gasteiger partial charge in [-0.1, -0.05) is 24.3 Å². The second-order valence-electron chi connectivity index (χ2n) is 6.80. The standard InChI is InChI=1S/C19H20O4S/c1-23-18-9-8-17(15-4-2-3-5-16(15)18)19(20)12-10-13-6-7-14(11-12)24(13,21)22/h2-5,8-9,12-14H,6-7,10-11H2,1H3. The van der Waals surface area contributed by atoms with Crippen LogP contribution < -0.4 is 4.74 Å². The topological polar surface area (TPSA) is 60.4 Å². The smallest absolute Gasteiger partial charge is 0.166 e. The summed E-state index contributed by atoms with van der Waals surface area (Å²) in [5, 5.41) is 1.14. The molecule has 2 atom stereocenters. The van der Waals surface area contributed by atoms with Crippen LogP contribution in [0.15, 0.2) is 36.4 Å². The SMILES string of the molecule is COc1ccc(C(=O)C2CC3CCC(C2)S3(=O)=O)c2ccccc12. The molecule has 2 aromatic rings. The predicted molar refractivity (Wildman–Crippen MR) is 93.3 cm³/mol. The fourth-order valence-corrected chi connectivity index (χ4v) is 6.78. The molecule has 0 radical (unpaired) electrons. The number of Topliss-reactive ketones (excluding diaryl/α,β-unsaturated/α-hetero) is 1. The number of fused-ring (bicyclic) bond motifs is 3. The molecule has 2 unspecified atom stereocenters. The maximum Gasteiger partial charge on any atom is 0.166 e. The van der Waals surface area contributed by atoms with Gasteiger partial charge in [0.2, 0.25) is 0 Å². The summed E-state index contributed by atoms with van der Waals surface area (Å²) in [5.41, 5.74) is 0.676. The molecule has 0 amide bonds. The van der Waals surface area contributed by atoms with Crippen LogP contribution in [0.1, 0.15) is 36.0 Å². The van der Waals surface area contributed by atoms with Gasteiger partial charge >= 0.3 is 0 Å². The second-order valence-corrected chi connectivity index (χ2v) is 9.32. The first-order chi connectivity index (χ1) is 11.5. The van der Waals surface area contributed by atoms with E-state index >= 15 is 0 Å². The van der Waals surface area contributed by atoms with Crippen LogP contribution in [0.2, 0.25) is 0 Å². The molecule has 2 aliphatic heterocycles. The van der Waals surface area contributed by atoms with Crippen molar-refractivity contribution in [1.29, 1.82) is 0 Å². The Bertz CT molecular complexity index is 896. The van der Waals surface area contributed by atoms with Crippen molar-refractivity contribution in [3.63, 3.8) is 0 Å². The number of carbonyl (C=O) groups is 1. The van der Waals surface area contributed by atoms with Crippen LogP contribution in [0.3, 0.4) is 0 Å².